The summed E-state index contributed by atoms with van der Waals surface area (Å²) in [4.78, 5) is 19.4. The van der Waals surface area contributed by atoms with Gasteiger partial charge in [-0.15, -0.1) is 0 Å². The maximum Gasteiger partial charge on any atom is 0.194 e. The summed E-state index contributed by atoms with van der Waals surface area (Å²) in [5.41, 5.74) is 3.11. The van der Waals surface area contributed by atoms with Gasteiger partial charge < -0.3 is 15.2 Å². The number of guanidine groups is 1. The van der Waals surface area contributed by atoms with Gasteiger partial charge >= 0.3 is 0 Å². The largest absolute Gasteiger partial charge is 0.357 e. The second-order valence-electron chi connectivity index (χ2n) is 7.11. The summed E-state index contributed by atoms with van der Waals surface area (Å²) in [6, 6.07) is 20.5. The molecule has 2 aromatic heterocycles. The van der Waals surface area contributed by atoms with Crippen molar-refractivity contribution in [2.75, 3.05) is 13.6 Å². The molecule has 6 heteroatoms. The summed E-state index contributed by atoms with van der Waals surface area (Å²) >= 11 is 0. The van der Waals surface area contributed by atoms with Crippen molar-refractivity contribution in [3.05, 3.63) is 84.6 Å². The number of nitrogens with zero attached hydrogens (tertiary/aromatic N) is 4. The van der Waals surface area contributed by atoms with Crippen molar-refractivity contribution in [1.82, 2.24) is 25.2 Å². The van der Waals surface area contributed by atoms with E-state index >= 15 is 0 Å². The molecule has 0 aliphatic rings. The van der Waals surface area contributed by atoms with Crippen molar-refractivity contribution < 1.29 is 0 Å². The zero-order chi connectivity index (χ0) is 20.8. The fourth-order valence-corrected chi connectivity index (χ4v) is 3.43. The molecule has 2 aromatic carbocycles. The Bertz CT molecular complexity index is 1130. The summed E-state index contributed by atoms with van der Waals surface area (Å²) in [7, 11) is 2.02. The van der Waals surface area contributed by atoms with Crippen LogP contribution in [0.2, 0.25) is 0 Å². The molecule has 0 spiro atoms. The van der Waals surface area contributed by atoms with Crippen LogP contribution in [0.1, 0.15) is 18.4 Å². The van der Waals surface area contributed by atoms with E-state index in [1.54, 1.807) is 0 Å². The van der Waals surface area contributed by atoms with Gasteiger partial charge in [0.25, 0.3) is 0 Å². The van der Waals surface area contributed by atoms with Gasteiger partial charge in [0.2, 0.25) is 0 Å². The lowest BCUT2D eigenvalue weighted by Crippen LogP contribution is -2.38. The summed E-state index contributed by atoms with van der Waals surface area (Å²) in [6.45, 7) is 4.00. The number of nitrogens with one attached hydrogen (secondary N) is 2. The fraction of sp³-hybridized carbons (Fsp3) is 0.208. The van der Waals surface area contributed by atoms with Crippen molar-refractivity contribution >= 4 is 16.7 Å². The highest BCUT2D eigenvalue weighted by molar-refractivity contribution is 5.85. The smallest absolute Gasteiger partial charge is 0.194 e. The second-order valence-corrected chi connectivity index (χ2v) is 7.11. The van der Waals surface area contributed by atoms with E-state index in [-0.39, 0.29) is 0 Å². The number of hydrogen-bond donors (Lipinski definition) is 2. The third-order valence-corrected chi connectivity index (χ3v) is 4.93. The third-order valence-electron chi connectivity index (χ3n) is 4.93. The highest BCUT2D eigenvalue weighted by Gasteiger charge is 2.10. The molecule has 6 nitrogen and oxygen atoms in total. The van der Waals surface area contributed by atoms with E-state index in [0.29, 0.717) is 13.1 Å². The number of aromatic amines is 1. The predicted molar refractivity (Wildman–Crippen MR) is 122 cm³/mol. The monoisotopic (exact) mass is 398 g/mol. The number of benzene rings is 2. The standard InChI is InChI=1S/C24H26N6/c1-3-25-24(28-16-22-20-12-8-7-9-18(20)13-14-26-22)30(2)17-23-27-15-21(29-23)19-10-5-4-6-11-19/h4-15H,3,16-17H2,1-2H3,(H,25,28)(H,27,29). The van der Waals surface area contributed by atoms with Crippen LogP contribution >= 0.6 is 0 Å². The van der Waals surface area contributed by atoms with Gasteiger partial charge in [0.05, 0.1) is 30.7 Å². The van der Waals surface area contributed by atoms with Crippen molar-refractivity contribution in [2.24, 2.45) is 4.99 Å². The maximum atomic E-state index is 4.82. The molecule has 0 aliphatic carbocycles. The normalized spacial score (nSPS) is 11.6. The number of imidazole rings is 1. The van der Waals surface area contributed by atoms with Crippen LogP contribution < -0.4 is 5.32 Å². The van der Waals surface area contributed by atoms with Crippen LogP contribution in [0.15, 0.2) is 78.0 Å². The van der Waals surface area contributed by atoms with Crippen LogP contribution in [0.25, 0.3) is 22.0 Å². The number of aliphatic imine (C=N–C) groups is 1. The zero-order valence-corrected chi connectivity index (χ0v) is 17.3. The summed E-state index contributed by atoms with van der Waals surface area (Å²) in [5.74, 6) is 1.72. The molecular weight excluding hydrogens is 372 g/mol. The van der Waals surface area contributed by atoms with E-state index in [4.69, 9.17) is 4.99 Å². The number of pyridine rings is 1. The number of rotatable bonds is 6. The number of H-pyrrole nitrogens is 1. The Balaban J connectivity index is 1.50. The highest BCUT2D eigenvalue weighted by Crippen LogP contribution is 2.18. The van der Waals surface area contributed by atoms with E-state index in [9.17, 15) is 0 Å². The molecule has 0 amide bonds. The van der Waals surface area contributed by atoms with Crippen molar-refractivity contribution in [2.45, 2.75) is 20.0 Å². The molecule has 152 valence electrons. The Morgan fingerprint density at radius 2 is 1.83 bits per heavy atom. The molecule has 0 saturated heterocycles. The van der Waals surface area contributed by atoms with Gasteiger partial charge in [-0.25, -0.2) is 9.98 Å². The van der Waals surface area contributed by atoms with Crippen LogP contribution in [0, 0.1) is 0 Å². The van der Waals surface area contributed by atoms with E-state index in [2.05, 4.69) is 56.4 Å². The molecular formula is C24H26N6. The Morgan fingerprint density at radius 3 is 2.67 bits per heavy atom. The van der Waals surface area contributed by atoms with Gasteiger partial charge in [-0.05, 0) is 23.9 Å². The average molecular weight is 399 g/mol. The summed E-state index contributed by atoms with van der Waals surface area (Å²) < 4.78 is 0. The first-order valence-corrected chi connectivity index (χ1v) is 10.2. The Labute approximate surface area is 176 Å². The van der Waals surface area contributed by atoms with Gasteiger partial charge in [-0.1, -0.05) is 54.6 Å². The van der Waals surface area contributed by atoms with Gasteiger partial charge in [0.15, 0.2) is 5.96 Å². The Morgan fingerprint density at radius 1 is 1.03 bits per heavy atom. The lowest BCUT2D eigenvalue weighted by molar-refractivity contribution is 0.464. The third kappa shape index (κ3) is 4.49. The molecule has 0 saturated carbocycles. The Kier molecular flexibility index (Phi) is 6.03. The second kappa shape index (κ2) is 9.22. The highest BCUT2D eigenvalue weighted by atomic mass is 15.3. The van der Waals surface area contributed by atoms with Gasteiger partial charge in [-0.2, -0.15) is 0 Å². The molecule has 4 aromatic rings. The van der Waals surface area contributed by atoms with E-state index in [1.165, 1.54) is 5.39 Å². The SMILES string of the molecule is CCNC(=NCc1nccc2ccccc12)N(C)Cc1ncc(-c2ccccc2)[nH]1. The average Bonchev–Trinajstić information content (AvgIpc) is 3.25. The topological polar surface area (TPSA) is 69.2 Å². The number of aromatic nitrogens is 3. The molecule has 0 aliphatic heterocycles. The maximum absolute atomic E-state index is 4.82. The van der Waals surface area contributed by atoms with Crippen molar-refractivity contribution in [1.29, 1.82) is 0 Å². The van der Waals surface area contributed by atoms with Gasteiger partial charge in [-0.3, -0.25) is 4.98 Å². The van der Waals surface area contributed by atoms with E-state index in [0.717, 1.165) is 40.7 Å². The fourth-order valence-electron chi connectivity index (χ4n) is 3.43. The molecule has 0 fully saturated rings. The molecule has 30 heavy (non-hydrogen) atoms. The minimum absolute atomic E-state index is 0.515. The van der Waals surface area contributed by atoms with Crippen LogP contribution in [0.3, 0.4) is 0 Å². The first kappa shape index (κ1) is 19.6. The van der Waals surface area contributed by atoms with Gasteiger partial charge in [0.1, 0.15) is 5.82 Å². The molecule has 0 bridgehead atoms. The molecule has 0 unspecified atom stereocenters. The quantitative estimate of drug-likeness (QED) is 0.377. The molecule has 4 rings (SSSR count). The van der Waals surface area contributed by atoms with Crippen LogP contribution in [0.4, 0.5) is 0 Å². The molecule has 2 heterocycles. The first-order chi connectivity index (χ1) is 14.7. The zero-order valence-electron chi connectivity index (χ0n) is 17.3. The van der Waals surface area contributed by atoms with Crippen molar-refractivity contribution in [3.63, 3.8) is 0 Å². The Hall–Kier alpha value is -3.67. The van der Waals surface area contributed by atoms with E-state index in [1.807, 2.05) is 55.8 Å². The molecule has 2 N–H and O–H groups in total. The first-order valence-electron chi connectivity index (χ1n) is 10.2. The lowest BCUT2D eigenvalue weighted by atomic mass is 10.1. The van der Waals surface area contributed by atoms with Crippen LogP contribution in [-0.2, 0) is 13.1 Å². The van der Waals surface area contributed by atoms with Crippen LogP contribution in [-0.4, -0.2) is 39.4 Å². The van der Waals surface area contributed by atoms with Crippen LogP contribution in [0.5, 0.6) is 0 Å². The van der Waals surface area contributed by atoms with Gasteiger partial charge in [0, 0.05) is 25.2 Å². The van der Waals surface area contributed by atoms with E-state index < -0.39 is 0 Å². The number of fused-ring (bicyclic) bond motifs is 1. The molecule has 0 atom stereocenters. The summed E-state index contributed by atoms with van der Waals surface area (Å²) in [5, 5.41) is 5.69. The predicted octanol–water partition coefficient (Wildman–Crippen LogP) is 4.22. The van der Waals surface area contributed by atoms with Crippen molar-refractivity contribution in [3.8, 4) is 11.3 Å². The lowest BCUT2D eigenvalue weighted by Gasteiger charge is -2.21. The molecule has 0 radical (unpaired) electrons. The number of hydrogen-bond acceptors (Lipinski definition) is 3. The minimum atomic E-state index is 0.515. The minimum Gasteiger partial charge on any atom is -0.357 e. The summed E-state index contributed by atoms with van der Waals surface area (Å²) in [6.07, 6.45) is 3.72.